The van der Waals surface area contributed by atoms with E-state index in [0.29, 0.717) is 6.61 Å². The van der Waals surface area contributed by atoms with Crippen molar-refractivity contribution in [3.63, 3.8) is 0 Å². The van der Waals surface area contributed by atoms with Crippen molar-refractivity contribution in [1.29, 1.82) is 0 Å². The number of hydrogen-bond acceptors (Lipinski definition) is 4. The maximum absolute atomic E-state index is 9.87. The van der Waals surface area contributed by atoms with Gasteiger partial charge in [-0.15, -0.1) is 11.3 Å². The summed E-state index contributed by atoms with van der Waals surface area (Å²) >= 11 is 4.98. The smallest absolute Gasteiger partial charge is 0.196 e. The van der Waals surface area contributed by atoms with E-state index in [4.69, 9.17) is 4.74 Å². The van der Waals surface area contributed by atoms with E-state index in [2.05, 4.69) is 20.9 Å². The molecule has 0 aromatic carbocycles. The molecule has 0 saturated carbocycles. The number of ether oxygens (including phenoxy) is 1. The predicted molar refractivity (Wildman–Crippen MR) is 68.0 cm³/mol. The lowest BCUT2D eigenvalue weighted by Crippen LogP contribution is -2.10. The molecule has 16 heavy (non-hydrogen) atoms. The fraction of sp³-hybridized carbons (Fsp3) is 0.500. The van der Waals surface area contributed by atoms with E-state index in [1.165, 1.54) is 0 Å². The number of thiazole rings is 1. The minimum atomic E-state index is -0.870. The predicted octanol–water partition coefficient (Wildman–Crippen LogP) is 2.52. The van der Waals surface area contributed by atoms with Gasteiger partial charge in [0.25, 0.3) is 0 Å². The summed E-state index contributed by atoms with van der Waals surface area (Å²) in [7, 11) is 0. The van der Waals surface area contributed by atoms with E-state index in [-0.39, 0.29) is 0 Å². The van der Waals surface area contributed by atoms with Gasteiger partial charge in [0.05, 0.1) is 16.7 Å². The van der Waals surface area contributed by atoms with Crippen molar-refractivity contribution >= 4 is 37.6 Å². The molecule has 0 spiro atoms. The Morgan fingerprint density at radius 2 is 2.50 bits per heavy atom. The van der Waals surface area contributed by atoms with Crippen LogP contribution in [-0.2, 0) is 11.3 Å². The van der Waals surface area contributed by atoms with Gasteiger partial charge in [-0.2, -0.15) is 0 Å². The molecule has 0 aliphatic rings. The molecule has 0 saturated heterocycles. The van der Waals surface area contributed by atoms with Crippen molar-refractivity contribution in [2.24, 2.45) is 0 Å². The number of hydrogen-bond donors (Lipinski definition) is 1. The maximum Gasteiger partial charge on any atom is 0.196 e. The number of halogens is 1. The fourth-order valence-corrected chi connectivity index (χ4v) is 2.82. The Balaban J connectivity index is 2.41. The fourth-order valence-electron chi connectivity index (χ4n) is 1.65. The van der Waals surface area contributed by atoms with Crippen molar-refractivity contribution in [3.05, 3.63) is 17.3 Å². The van der Waals surface area contributed by atoms with Crippen molar-refractivity contribution in [2.75, 3.05) is 11.9 Å². The van der Waals surface area contributed by atoms with Gasteiger partial charge in [-0.25, -0.2) is 4.98 Å². The first-order valence-electron chi connectivity index (χ1n) is 5.06. The topological polar surface area (TPSA) is 47.3 Å². The number of aliphatic hydroxyl groups is 1. The number of aromatic nitrogens is 2. The Morgan fingerprint density at radius 3 is 3.19 bits per heavy atom. The molecule has 2 aromatic heterocycles. The Hall–Kier alpha value is -0.430. The van der Waals surface area contributed by atoms with E-state index in [1.54, 1.807) is 11.3 Å². The third kappa shape index (κ3) is 2.15. The third-order valence-corrected chi connectivity index (χ3v) is 3.52. The molecule has 6 heteroatoms. The Bertz CT molecular complexity index is 468. The largest absolute Gasteiger partial charge is 0.363 e. The summed E-state index contributed by atoms with van der Waals surface area (Å²) in [5, 5.41) is 10.7. The molecule has 1 N–H and O–H groups in total. The summed E-state index contributed by atoms with van der Waals surface area (Å²) in [5.74, 6) is 0. The molecule has 0 amide bonds. The van der Waals surface area contributed by atoms with E-state index >= 15 is 0 Å². The summed E-state index contributed by atoms with van der Waals surface area (Å²) in [6.45, 7) is 3.15. The van der Waals surface area contributed by atoms with Crippen molar-refractivity contribution in [3.8, 4) is 0 Å². The van der Waals surface area contributed by atoms with Gasteiger partial charge in [-0.05, 0) is 13.0 Å². The highest BCUT2D eigenvalue weighted by Crippen LogP contribution is 2.27. The highest BCUT2D eigenvalue weighted by molar-refractivity contribution is 9.09. The molecule has 2 heterocycles. The van der Waals surface area contributed by atoms with Crippen LogP contribution < -0.4 is 0 Å². The number of aliphatic hydroxyl groups excluding tert-OH is 1. The van der Waals surface area contributed by atoms with Crippen LogP contribution in [0.3, 0.4) is 0 Å². The second kappa shape index (κ2) is 5.27. The molecule has 0 fully saturated rings. The highest BCUT2D eigenvalue weighted by Gasteiger charge is 2.17. The highest BCUT2D eigenvalue weighted by atomic mass is 79.9. The summed E-state index contributed by atoms with van der Waals surface area (Å²) in [5.41, 5.74) is 3.50. The molecule has 2 rings (SSSR count). The first-order valence-corrected chi connectivity index (χ1v) is 7.06. The Labute approximate surface area is 106 Å². The zero-order valence-electron chi connectivity index (χ0n) is 8.89. The zero-order valence-corrected chi connectivity index (χ0v) is 11.3. The maximum atomic E-state index is 9.87. The number of nitrogens with zero attached hydrogens (tertiary/aromatic N) is 2. The summed E-state index contributed by atoms with van der Waals surface area (Å²) in [6, 6.07) is 1.88. The number of alkyl halides is 1. The molecule has 0 radical (unpaired) electrons. The van der Waals surface area contributed by atoms with Crippen molar-refractivity contribution in [1.82, 2.24) is 9.55 Å². The summed E-state index contributed by atoms with van der Waals surface area (Å²) in [4.78, 5) is 5.32. The van der Waals surface area contributed by atoms with Crippen LogP contribution in [0, 0.1) is 0 Å². The molecule has 2 aromatic rings. The van der Waals surface area contributed by atoms with E-state index in [1.807, 2.05) is 23.1 Å². The minimum absolute atomic E-state index is 0.488. The number of aryl methyl sites for hydroxylation is 1. The minimum Gasteiger partial charge on any atom is -0.363 e. The third-order valence-electron chi connectivity index (χ3n) is 2.30. The Kier molecular flexibility index (Phi) is 3.96. The summed E-state index contributed by atoms with van der Waals surface area (Å²) in [6.07, 6.45) is -0.870. The van der Waals surface area contributed by atoms with Gasteiger partial charge in [0.2, 0.25) is 0 Å². The molecule has 0 aliphatic carbocycles. The van der Waals surface area contributed by atoms with Gasteiger partial charge in [0.1, 0.15) is 4.83 Å². The molecule has 1 atom stereocenters. The molecule has 1 unspecified atom stereocenters. The van der Waals surface area contributed by atoms with Crippen molar-refractivity contribution < 1.29 is 9.84 Å². The lowest BCUT2D eigenvalue weighted by Gasteiger charge is -2.13. The molecular formula is C10H13BrN2O2S. The van der Waals surface area contributed by atoms with Crippen LogP contribution in [0.1, 0.15) is 18.9 Å². The number of rotatable bonds is 5. The molecule has 88 valence electrons. The lowest BCUT2D eigenvalue weighted by molar-refractivity contribution is -0.102. The van der Waals surface area contributed by atoms with Crippen molar-refractivity contribution in [2.45, 2.75) is 19.8 Å². The van der Waals surface area contributed by atoms with Gasteiger partial charge in [0.15, 0.2) is 6.29 Å². The normalized spacial score (nSPS) is 13.4. The standard InChI is InChI=1S/C10H13BrN2O2S/c1-2-15-10(14)8-5-7-9(16-6-12-7)13(8)4-3-11/h5-6,10,14H,2-4H2,1H3. The van der Waals surface area contributed by atoms with Crippen LogP contribution in [0.4, 0.5) is 0 Å². The van der Waals surface area contributed by atoms with E-state index in [9.17, 15) is 5.11 Å². The Morgan fingerprint density at radius 1 is 1.69 bits per heavy atom. The monoisotopic (exact) mass is 304 g/mol. The van der Waals surface area contributed by atoms with Crippen LogP contribution in [0.2, 0.25) is 0 Å². The SMILES string of the molecule is CCOC(O)c1cc2ncsc2n1CCBr. The van der Waals surface area contributed by atoms with E-state index in [0.717, 1.165) is 27.9 Å². The quantitative estimate of drug-likeness (QED) is 0.682. The van der Waals surface area contributed by atoms with Crippen LogP contribution in [0.5, 0.6) is 0 Å². The van der Waals surface area contributed by atoms with Gasteiger partial charge < -0.3 is 14.4 Å². The van der Waals surface area contributed by atoms with Gasteiger partial charge in [-0.1, -0.05) is 15.9 Å². The van der Waals surface area contributed by atoms with Gasteiger partial charge in [-0.3, -0.25) is 0 Å². The average molecular weight is 305 g/mol. The van der Waals surface area contributed by atoms with Crippen LogP contribution >= 0.6 is 27.3 Å². The van der Waals surface area contributed by atoms with Gasteiger partial charge in [0, 0.05) is 18.5 Å². The van der Waals surface area contributed by atoms with Crippen LogP contribution in [0.25, 0.3) is 10.3 Å². The van der Waals surface area contributed by atoms with Crippen LogP contribution in [0.15, 0.2) is 11.6 Å². The zero-order chi connectivity index (χ0) is 11.5. The second-order valence-corrected chi connectivity index (χ2v) is 4.89. The first kappa shape index (κ1) is 12.0. The lowest BCUT2D eigenvalue weighted by atomic mass is 10.4. The van der Waals surface area contributed by atoms with Crippen LogP contribution in [-0.4, -0.2) is 26.6 Å². The molecule has 0 aliphatic heterocycles. The second-order valence-electron chi connectivity index (χ2n) is 3.26. The molecule has 0 bridgehead atoms. The average Bonchev–Trinajstić information content (AvgIpc) is 2.81. The molecule has 4 nitrogen and oxygen atoms in total. The van der Waals surface area contributed by atoms with E-state index < -0.39 is 6.29 Å². The van der Waals surface area contributed by atoms with Gasteiger partial charge >= 0.3 is 0 Å². The first-order chi connectivity index (χ1) is 7.77. The molecular weight excluding hydrogens is 292 g/mol. The number of fused-ring (bicyclic) bond motifs is 1. The summed E-state index contributed by atoms with van der Waals surface area (Å²) < 4.78 is 7.25.